The first-order valence-electron chi connectivity index (χ1n) is 7.68. The van der Waals surface area contributed by atoms with Crippen LogP contribution in [0.15, 0.2) is 35.2 Å². The third-order valence-electron chi connectivity index (χ3n) is 3.31. The minimum Gasteiger partial charge on any atom is -0.481 e. The fourth-order valence-electron chi connectivity index (χ4n) is 2.12. The SMILES string of the molecule is COc1cc(C)nc(NC(=O)NS(=O)(=O)c2ccccc2C(=O)N(C)C)n1. The number of anilines is 1. The van der Waals surface area contributed by atoms with Crippen LogP contribution in [0, 0.1) is 6.92 Å². The van der Waals surface area contributed by atoms with Gasteiger partial charge in [-0.3, -0.25) is 10.1 Å². The minimum absolute atomic E-state index is 0.0590. The van der Waals surface area contributed by atoms with E-state index in [2.05, 4.69) is 15.3 Å². The summed E-state index contributed by atoms with van der Waals surface area (Å²) in [5.74, 6) is -0.428. The Morgan fingerprint density at radius 3 is 2.44 bits per heavy atom. The number of hydrogen-bond acceptors (Lipinski definition) is 7. The van der Waals surface area contributed by atoms with E-state index in [9.17, 15) is 18.0 Å². The Morgan fingerprint density at radius 2 is 1.81 bits per heavy atom. The zero-order valence-electron chi connectivity index (χ0n) is 15.2. The number of carbonyl (C=O) groups excluding carboxylic acids is 2. The van der Waals surface area contributed by atoms with E-state index in [1.54, 1.807) is 13.0 Å². The minimum atomic E-state index is -4.31. The fourth-order valence-corrected chi connectivity index (χ4v) is 3.23. The lowest BCUT2D eigenvalue weighted by Crippen LogP contribution is -2.36. The van der Waals surface area contributed by atoms with E-state index in [4.69, 9.17) is 4.74 Å². The van der Waals surface area contributed by atoms with Crippen molar-refractivity contribution in [2.45, 2.75) is 11.8 Å². The van der Waals surface area contributed by atoms with Crippen LogP contribution < -0.4 is 14.8 Å². The molecule has 0 radical (unpaired) electrons. The highest BCUT2D eigenvalue weighted by Crippen LogP contribution is 2.17. The molecule has 1 aromatic carbocycles. The number of rotatable bonds is 5. The Balaban J connectivity index is 2.26. The zero-order chi connectivity index (χ0) is 20.2. The second-order valence-electron chi connectivity index (χ2n) is 5.63. The highest BCUT2D eigenvalue weighted by molar-refractivity contribution is 7.90. The summed E-state index contributed by atoms with van der Waals surface area (Å²) in [6.45, 7) is 1.66. The Labute approximate surface area is 156 Å². The van der Waals surface area contributed by atoms with Gasteiger partial charge in [-0.25, -0.2) is 22.9 Å². The number of urea groups is 1. The summed E-state index contributed by atoms with van der Waals surface area (Å²) in [6, 6.07) is 6.05. The summed E-state index contributed by atoms with van der Waals surface area (Å²) in [5, 5.41) is 2.23. The molecule has 2 N–H and O–H groups in total. The van der Waals surface area contributed by atoms with Gasteiger partial charge in [0.25, 0.3) is 15.9 Å². The number of amides is 3. The van der Waals surface area contributed by atoms with Crippen molar-refractivity contribution >= 4 is 27.9 Å². The van der Waals surface area contributed by atoms with Gasteiger partial charge in [-0.05, 0) is 19.1 Å². The van der Waals surface area contributed by atoms with Crippen LogP contribution >= 0.6 is 0 Å². The first-order valence-corrected chi connectivity index (χ1v) is 9.16. The lowest BCUT2D eigenvalue weighted by atomic mass is 10.2. The number of nitrogens with zero attached hydrogens (tertiary/aromatic N) is 3. The van der Waals surface area contributed by atoms with E-state index < -0.39 is 22.0 Å². The van der Waals surface area contributed by atoms with Crippen LogP contribution in [-0.2, 0) is 10.0 Å². The van der Waals surface area contributed by atoms with E-state index in [0.29, 0.717) is 5.69 Å². The van der Waals surface area contributed by atoms with Crippen molar-refractivity contribution in [1.29, 1.82) is 0 Å². The molecule has 2 aromatic rings. The van der Waals surface area contributed by atoms with Crippen LogP contribution in [-0.4, -0.2) is 56.4 Å². The Morgan fingerprint density at radius 1 is 1.15 bits per heavy atom. The first-order chi connectivity index (χ1) is 12.6. The number of ether oxygens (including phenoxy) is 1. The smallest absolute Gasteiger partial charge is 0.335 e. The molecule has 1 heterocycles. The van der Waals surface area contributed by atoms with Crippen molar-refractivity contribution in [3.05, 3.63) is 41.6 Å². The molecule has 0 aliphatic carbocycles. The fraction of sp³-hybridized carbons (Fsp3) is 0.250. The second-order valence-corrected chi connectivity index (χ2v) is 7.28. The van der Waals surface area contributed by atoms with Crippen molar-refractivity contribution in [3.8, 4) is 5.88 Å². The second kappa shape index (κ2) is 7.99. The highest BCUT2D eigenvalue weighted by atomic mass is 32.2. The maximum absolute atomic E-state index is 12.6. The average molecular weight is 393 g/mol. The van der Waals surface area contributed by atoms with Gasteiger partial charge in [0.2, 0.25) is 11.8 Å². The van der Waals surface area contributed by atoms with Gasteiger partial charge in [0.05, 0.1) is 12.7 Å². The van der Waals surface area contributed by atoms with E-state index in [1.807, 2.05) is 4.72 Å². The number of carbonyl (C=O) groups is 2. The standard InChI is InChI=1S/C16H19N5O5S/c1-10-9-13(26-4)18-15(17-10)19-16(23)20-27(24,25)12-8-6-5-7-11(12)14(22)21(2)3/h5-9H,1-4H3,(H2,17,18,19,20,23). The molecule has 0 unspecified atom stereocenters. The van der Waals surface area contributed by atoms with Crippen molar-refractivity contribution in [2.24, 2.45) is 0 Å². The molecule has 0 aliphatic heterocycles. The Kier molecular flexibility index (Phi) is 5.95. The van der Waals surface area contributed by atoms with E-state index in [0.717, 1.165) is 0 Å². The molecule has 11 heteroatoms. The highest BCUT2D eigenvalue weighted by Gasteiger charge is 2.25. The molecule has 144 valence electrons. The largest absolute Gasteiger partial charge is 0.481 e. The number of nitrogens with one attached hydrogen (secondary N) is 2. The van der Waals surface area contributed by atoms with Gasteiger partial charge in [-0.1, -0.05) is 12.1 Å². The van der Waals surface area contributed by atoms with Crippen molar-refractivity contribution in [3.63, 3.8) is 0 Å². The normalized spacial score (nSPS) is 10.8. The summed E-state index contributed by atoms with van der Waals surface area (Å²) in [4.78, 5) is 33.1. The number of benzene rings is 1. The summed E-state index contributed by atoms with van der Waals surface area (Å²) in [7, 11) is 0.0754. The predicted molar refractivity (Wildman–Crippen MR) is 97.1 cm³/mol. The molecular formula is C16H19N5O5S. The van der Waals surface area contributed by atoms with E-state index in [-0.39, 0.29) is 22.3 Å². The molecule has 0 atom stereocenters. The molecule has 0 aliphatic rings. The third kappa shape index (κ3) is 4.91. The maximum atomic E-state index is 12.6. The van der Waals surface area contributed by atoms with Crippen LogP contribution in [0.5, 0.6) is 5.88 Å². The summed E-state index contributed by atoms with van der Waals surface area (Å²) in [6.07, 6.45) is 0. The van der Waals surface area contributed by atoms with Crippen LogP contribution in [0.4, 0.5) is 10.7 Å². The molecule has 0 saturated carbocycles. The number of methoxy groups -OCH3 is 1. The molecule has 2 rings (SSSR count). The van der Waals surface area contributed by atoms with Gasteiger partial charge in [-0.2, -0.15) is 4.98 Å². The van der Waals surface area contributed by atoms with Gasteiger partial charge in [0.15, 0.2) is 0 Å². The monoisotopic (exact) mass is 393 g/mol. The molecule has 10 nitrogen and oxygen atoms in total. The molecule has 0 bridgehead atoms. The van der Waals surface area contributed by atoms with Crippen LogP contribution in [0.2, 0.25) is 0 Å². The Hall–Kier alpha value is -3.21. The quantitative estimate of drug-likeness (QED) is 0.775. The van der Waals surface area contributed by atoms with Crippen LogP contribution in [0.25, 0.3) is 0 Å². The zero-order valence-corrected chi connectivity index (χ0v) is 16.0. The molecule has 27 heavy (non-hydrogen) atoms. The number of sulfonamides is 1. The van der Waals surface area contributed by atoms with Crippen molar-refractivity contribution < 1.29 is 22.7 Å². The topological polar surface area (TPSA) is 131 Å². The molecule has 0 fully saturated rings. The van der Waals surface area contributed by atoms with Gasteiger partial charge >= 0.3 is 6.03 Å². The molecule has 0 spiro atoms. The summed E-state index contributed by atoms with van der Waals surface area (Å²) in [5.41, 5.74) is 0.457. The van der Waals surface area contributed by atoms with Gasteiger partial charge in [0, 0.05) is 25.9 Å². The number of hydrogen-bond donors (Lipinski definition) is 2. The molecule has 0 saturated heterocycles. The molecule has 3 amide bonds. The Bertz CT molecular complexity index is 975. The first kappa shape index (κ1) is 20.1. The summed E-state index contributed by atoms with van der Waals surface area (Å²) < 4.78 is 31.9. The van der Waals surface area contributed by atoms with Gasteiger partial charge in [0.1, 0.15) is 4.90 Å². The third-order valence-corrected chi connectivity index (χ3v) is 4.69. The van der Waals surface area contributed by atoms with Crippen LogP contribution in [0.3, 0.4) is 0 Å². The molecule has 1 aromatic heterocycles. The number of aryl methyl sites for hydroxylation is 1. The summed E-state index contributed by atoms with van der Waals surface area (Å²) >= 11 is 0. The van der Waals surface area contributed by atoms with E-state index >= 15 is 0 Å². The van der Waals surface area contributed by atoms with Crippen molar-refractivity contribution in [1.82, 2.24) is 19.6 Å². The predicted octanol–water partition coefficient (Wildman–Crippen LogP) is 1.01. The van der Waals surface area contributed by atoms with Crippen molar-refractivity contribution in [2.75, 3.05) is 26.5 Å². The number of aromatic nitrogens is 2. The average Bonchev–Trinajstić information content (AvgIpc) is 2.59. The van der Waals surface area contributed by atoms with Gasteiger partial charge < -0.3 is 9.64 Å². The van der Waals surface area contributed by atoms with Gasteiger partial charge in [-0.15, -0.1) is 0 Å². The van der Waals surface area contributed by atoms with E-state index in [1.165, 1.54) is 50.4 Å². The molecular weight excluding hydrogens is 374 g/mol. The van der Waals surface area contributed by atoms with Crippen LogP contribution in [0.1, 0.15) is 16.1 Å². The lowest BCUT2D eigenvalue weighted by molar-refractivity contribution is 0.0824. The lowest BCUT2D eigenvalue weighted by Gasteiger charge is -2.14. The maximum Gasteiger partial charge on any atom is 0.335 e.